The largest absolute Gasteiger partial charge is 0.455 e. The maximum Gasteiger partial charge on any atom is 0.287 e. The van der Waals surface area contributed by atoms with Crippen LogP contribution in [0.15, 0.2) is 56.6 Å². The van der Waals surface area contributed by atoms with Crippen LogP contribution in [0.2, 0.25) is 0 Å². The summed E-state index contributed by atoms with van der Waals surface area (Å²) in [6, 6.07) is 11.3. The second-order valence-corrected chi connectivity index (χ2v) is 5.43. The van der Waals surface area contributed by atoms with Gasteiger partial charge in [-0.25, -0.2) is 5.43 Å². The number of hydrogen-bond acceptors (Lipinski definition) is 3. The molecule has 0 bridgehead atoms. The van der Waals surface area contributed by atoms with Crippen LogP contribution in [0.1, 0.15) is 23.2 Å². The number of fused-ring (bicyclic) bond motifs is 1. The highest BCUT2D eigenvalue weighted by Crippen LogP contribution is 2.19. The topological polar surface area (TPSA) is 70.4 Å². The van der Waals surface area contributed by atoms with E-state index in [1.54, 1.807) is 19.2 Å². The highest BCUT2D eigenvalue weighted by molar-refractivity contribution is 9.10. The molecular formula is C15H12BrN3O2. The predicted octanol–water partition coefficient (Wildman–Crippen LogP) is 3.68. The fraction of sp³-hybridized carbons (Fsp3) is 0.0667. The van der Waals surface area contributed by atoms with Crippen molar-refractivity contribution in [3.05, 3.63) is 58.5 Å². The third-order valence-corrected chi connectivity index (χ3v) is 3.46. The number of carbonyl (C=O) groups excluding carboxylic acids is 1. The summed E-state index contributed by atoms with van der Waals surface area (Å²) < 4.78 is 6.49. The molecule has 0 aliphatic heterocycles. The van der Waals surface area contributed by atoms with Crippen LogP contribution >= 0.6 is 15.9 Å². The number of para-hydroxylation sites is 1. The molecule has 1 amide bonds. The van der Waals surface area contributed by atoms with Crippen molar-refractivity contribution in [2.24, 2.45) is 5.10 Å². The van der Waals surface area contributed by atoms with Crippen molar-refractivity contribution in [2.45, 2.75) is 6.92 Å². The van der Waals surface area contributed by atoms with Gasteiger partial charge in [-0.2, -0.15) is 5.10 Å². The number of aromatic nitrogens is 1. The van der Waals surface area contributed by atoms with Crippen LogP contribution in [0.5, 0.6) is 0 Å². The van der Waals surface area contributed by atoms with Crippen molar-refractivity contribution in [1.29, 1.82) is 0 Å². The third-order valence-electron chi connectivity index (χ3n) is 3.00. The quantitative estimate of drug-likeness (QED) is 0.561. The first-order valence-electron chi connectivity index (χ1n) is 6.31. The van der Waals surface area contributed by atoms with Gasteiger partial charge in [0.05, 0.1) is 0 Å². The van der Waals surface area contributed by atoms with E-state index in [0.717, 1.165) is 15.4 Å². The number of rotatable bonds is 3. The zero-order valence-corrected chi connectivity index (χ0v) is 12.8. The molecular weight excluding hydrogens is 334 g/mol. The molecule has 2 N–H and O–H groups in total. The van der Waals surface area contributed by atoms with E-state index in [2.05, 4.69) is 31.4 Å². The standard InChI is InChI=1S/C15H12BrN3O2/c1-9(14-6-10-4-2-3-5-13(10)21-14)18-19-15(20)12-7-11(16)8-17-12/h2-8,17H,1H3,(H,19,20)/b18-9-. The maximum absolute atomic E-state index is 11.9. The van der Waals surface area contributed by atoms with Gasteiger partial charge in [0.1, 0.15) is 17.0 Å². The molecule has 21 heavy (non-hydrogen) atoms. The molecule has 0 spiro atoms. The number of aromatic amines is 1. The van der Waals surface area contributed by atoms with E-state index in [1.165, 1.54) is 0 Å². The fourth-order valence-corrected chi connectivity index (χ4v) is 2.25. The molecule has 0 saturated carbocycles. The van der Waals surface area contributed by atoms with E-state index in [4.69, 9.17) is 4.42 Å². The molecule has 0 aliphatic rings. The van der Waals surface area contributed by atoms with Gasteiger partial charge in [0, 0.05) is 16.1 Å². The predicted molar refractivity (Wildman–Crippen MR) is 84.4 cm³/mol. The van der Waals surface area contributed by atoms with Crippen molar-refractivity contribution >= 4 is 38.5 Å². The number of furan rings is 1. The summed E-state index contributed by atoms with van der Waals surface area (Å²) in [6.07, 6.45) is 1.69. The summed E-state index contributed by atoms with van der Waals surface area (Å²) >= 11 is 3.27. The number of nitrogens with zero attached hydrogens (tertiary/aromatic N) is 1. The lowest BCUT2D eigenvalue weighted by atomic mass is 10.2. The molecule has 106 valence electrons. The molecule has 1 aromatic carbocycles. The Hall–Kier alpha value is -2.34. The molecule has 0 radical (unpaired) electrons. The molecule has 2 aromatic heterocycles. The van der Waals surface area contributed by atoms with Crippen molar-refractivity contribution in [2.75, 3.05) is 0 Å². The minimum absolute atomic E-state index is 0.309. The van der Waals surface area contributed by atoms with Gasteiger partial charge in [-0.3, -0.25) is 4.79 Å². The molecule has 2 heterocycles. The van der Waals surface area contributed by atoms with Gasteiger partial charge < -0.3 is 9.40 Å². The van der Waals surface area contributed by atoms with Crippen LogP contribution < -0.4 is 5.43 Å². The first kappa shape index (κ1) is 13.6. The number of benzene rings is 1. The first-order chi connectivity index (χ1) is 10.1. The molecule has 5 nitrogen and oxygen atoms in total. The average molecular weight is 346 g/mol. The Balaban J connectivity index is 1.78. The maximum atomic E-state index is 11.9. The number of carbonyl (C=O) groups is 1. The normalized spacial score (nSPS) is 11.8. The third kappa shape index (κ3) is 2.90. The van der Waals surface area contributed by atoms with Crippen LogP contribution in [0.3, 0.4) is 0 Å². The second kappa shape index (κ2) is 5.57. The van der Waals surface area contributed by atoms with Crippen molar-refractivity contribution in [1.82, 2.24) is 10.4 Å². The van der Waals surface area contributed by atoms with Gasteiger partial charge in [-0.1, -0.05) is 18.2 Å². The minimum Gasteiger partial charge on any atom is -0.455 e. The molecule has 3 rings (SSSR count). The van der Waals surface area contributed by atoms with Crippen LogP contribution in [0.4, 0.5) is 0 Å². The van der Waals surface area contributed by atoms with E-state index >= 15 is 0 Å². The lowest BCUT2D eigenvalue weighted by Crippen LogP contribution is -2.19. The van der Waals surface area contributed by atoms with E-state index < -0.39 is 0 Å². The number of H-pyrrole nitrogens is 1. The summed E-state index contributed by atoms with van der Waals surface area (Å²) in [6.45, 7) is 1.78. The molecule has 3 aromatic rings. The number of hydrazone groups is 1. The van der Waals surface area contributed by atoms with Crippen LogP contribution in [-0.2, 0) is 0 Å². The first-order valence-corrected chi connectivity index (χ1v) is 7.10. The summed E-state index contributed by atoms with van der Waals surface area (Å²) in [7, 11) is 0. The molecule has 0 atom stereocenters. The number of hydrogen-bond donors (Lipinski definition) is 2. The molecule has 0 fully saturated rings. The minimum atomic E-state index is -0.309. The zero-order chi connectivity index (χ0) is 14.8. The number of halogens is 1. The van der Waals surface area contributed by atoms with Crippen molar-refractivity contribution < 1.29 is 9.21 Å². The van der Waals surface area contributed by atoms with E-state index in [9.17, 15) is 4.79 Å². The van der Waals surface area contributed by atoms with Gasteiger partial charge in [0.25, 0.3) is 5.91 Å². The Morgan fingerprint density at radius 2 is 2.14 bits per heavy atom. The van der Waals surface area contributed by atoms with Gasteiger partial charge in [0.2, 0.25) is 0 Å². The van der Waals surface area contributed by atoms with E-state index in [-0.39, 0.29) is 5.91 Å². The molecule has 0 saturated heterocycles. The van der Waals surface area contributed by atoms with E-state index in [1.807, 2.05) is 30.3 Å². The van der Waals surface area contributed by atoms with Crippen LogP contribution in [-0.4, -0.2) is 16.6 Å². The highest BCUT2D eigenvalue weighted by Gasteiger charge is 2.09. The number of amides is 1. The Morgan fingerprint density at radius 1 is 1.33 bits per heavy atom. The van der Waals surface area contributed by atoms with Crippen molar-refractivity contribution in [3.8, 4) is 0 Å². The van der Waals surface area contributed by atoms with Crippen molar-refractivity contribution in [3.63, 3.8) is 0 Å². The Labute approximate surface area is 129 Å². The lowest BCUT2D eigenvalue weighted by Gasteiger charge is -1.98. The second-order valence-electron chi connectivity index (χ2n) is 4.52. The van der Waals surface area contributed by atoms with E-state index in [0.29, 0.717) is 17.2 Å². The smallest absolute Gasteiger partial charge is 0.287 e. The van der Waals surface area contributed by atoms with Gasteiger partial charge in [-0.05, 0) is 41.1 Å². The van der Waals surface area contributed by atoms with Crippen LogP contribution in [0.25, 0.3) is 11.0 Å². The van der Waals surface area contributed by atoms with Gasteiger partial charge in [-0.15, -0.1) is 0 Å². The van der Waals surface area contributed by atoms with Crippen LogP contribution in [0, 0.1) is 0 Å². The monoisotopic (exact) mass is 345 g/mol. The Morgan fingerprint density at radius 3 is 2.86 bits per heavy atom. The molecule has 6 heteroatoms. The summed E-state index contributed by atoms with van der Waals surface area (Å²) in [5.41, 5.74) is 4.32. The fourth-order valence-electron chi connectivity index (χ4n) is 1.91. The summed E-state index contributed by atoms with van der Waals surface area (Å²) in [5.74, 6) is 0.320. The summed E-state index contributed by atoms with van der Waals surface area (Å²) in [5, 5.41) is 5.06. The molecule has 0 aliphatic carbocycles. The number of nitrogens with one attached hydrogen (secondary N) is 2. The molecule has 0 unspecified atom stereocenters. The SMILES string of the molecule is C/C(=N/NC(=O)c1cc(Br)c[nH]1)c1cc2ccccc2o1. The van der Waals surface area contributed by atoms with Gasteiger partial charge in [0.15, 0.2) is 5.76 Å². The Kier molecular flexibility index (Phi) is 3.62. The zero-order valence-electron chi connectivity index (χ0n) is 11.2. The Bertz CT molecular complexity index is 799. The highest BCUT2D eigenvalue weighted by atomic mass is 79.9. The average Bonchev–Trinajstić information content (AvgIpc) is 3.10. The summed E-state index contributed by atoms with van der Waals surface area (Å²) in [4.78, 5) is 14.7. The van der Waals surface area contributed by atoms with Gasteiger partial charge >= 0.3 is 0 Å². The lowest BCUT2D eigenvalue weighted by molar-refractivity contribution is 0.0950.